The molecule has 0 aliphatic carbocycles. The summed E-state index contributed by atoms with van der Waals surface area (Å²) in [5, 5.41) is 10.8. The van der Waals surface area contributed by atoms with Gasteiger partial charge in [0.2, 0.25) is 0 Å². The molecule has 1 heterocycles. The number of hydrogen-bond donors (Lipinski definition) is 1. The molecule has 0 unspecified atom stereocenters. The molecule has 8 nitrogen and oxygen atoms in total. The first-order valence-corrected chi connectivity index (χ1v) is 8.11. The number of benzene rings is 2. The Balaban J connectivity index is 1.96. The van der Waals surface area contributed by atoms with E-state index < -0.39 is 14.9 Å². The van der Waals surface area contributed by atoms with Crippen molar-refractivity contribution in [1.82, 2.24) is 0 Å². The molecule has 0 radical (unpaired) electrons. The second-order valence-electron chi connectivity index (χ2n) is 4.69. The maximum atomic E-state index is 12.4. The van der Waals surface area contributed by atoms with Gasteiger partial charge in [-0.1, -0.05) is 12.1 Å². The normalized spacial score (nSPS) is 13.4. The number of nitrogens with one attached hydrogen (secondary N) is 1. The number of nitro benzene ring substituents is 1. The summed E-state index contributed by atoms with van der Waals surface area (Å²) in [7, 11) is -3.99. The lowest BCUT2D eigenvalue weighted by Crippen LogP contribution is -2.19. The zero-order chi connectivity index (χ0) is 16.4. The molecule has 1 N–H and O–H groups in total. The van der Waals surface area contributed by atoms with Crippen LogP contribution in [0.1, 0.15) is 0 Å². The van der Waals surface area contributed by atoms with Crippen LogP contribution in [0.15, 0.2) is 47.4 Å². The topological polar surface area (TPSA) is 108 Å². The van der Waals surface area contributed by atoms with Crippen LogP contribution in [0.2, 0.25) is 0 Å². The van der Waals surface area contributed by atoms with E-state index in [2.05, 4.69) is 4.72 Å². The van der Waals surface area contributed by atoms with Gasteiger partial charge < -0.3 is 9.47 Å². The third kappa shape index (κ3) is 3.04. The smallest absolute Gasteiger partial charge is 0.270 e. The molecule has 0 saturated carbocycles. The molecule has 120 valence electrons. The quantitative estimate of drug-likeness (QED) is 0.677. The van der Waals surface area contributed by atoms with Crippen LogP contribution in [0.3, 0.4) is 0 Å². The first-order valence-electron chi connectivity index (χ1n) is 6.63. The van der Waals surface area contributed by atoms with Crippen LogP contribution in [0.25, 0.3) is 0 Å². The maximum Gasteiger partial charge on any atom is 0.270 e. The van der Waals surface area contributed by atoms with Crippen molar-refractivity contribution in [3.8, 4) is 11.5 Å². The Morgan fingerprint density at radius 1 is 1.09 bits per heavy atom. The molecule has 2 aromatic carbocycles. The molecule has 0 aromatic heterocycles. The van der Waals surface area contributed by atoms with Crippen LogP contribution in [0, 0.1) is 10.1 Å². The fraction of sp³-hybridized carbons (Fsp3) is 0.143. The van der Waals surface area contributed by atoms with Gasteiger partial charge in [-0.25, -0.2) is 8.42 Å². The summed E-state index contributed by atoms with van der Waals surface area (Å²) in [4.78, 5) is 9.92. The number of nitrogens with zero attached hydrogens (tertiary/aromatic N) is 1. The van der Waals surface area contributed by atoms with Gasteiger partial charge >= 0.3 is 0 Å². The summed E-state index contributed by atoms with van der Waals surface area (Å²) in [5.41, 5.74) is -0.0868. The highest BCUT2D eigenvalue weighted by Gasteiger charge is 2.22. The molecular weight excluding hydrogens is 324 g/mol. The SMILES string of the molecule is O=[N+]([O-])c1cccc(S(=O)(=O)Nc2cccc3c2OCCO3)c1. The molecule has 3 rings (SSSR count). The average molecular weight is 336 g/mol. The molecule has 0 spiro atoms. The first kappa shape index (κ1) is 15.1. The number of nitro groups is 1. The van der Waals surface area contributed by atoms with Crippen molar-refractivity contribution in [2.75, 3.05) is 17.9 Å². The molecule has 1 aliphatic heterocycles. The lowest BCUT2D eigenvalue weighted by atomic mass is 10.2. The summed E-state index contributed by atoms with van der Waals surface area (Å²) in [5.74, 6) is 0.739. The van der Waals surface area contributed by atoms with Crippen molar-refractivity contribution in [2.24, 2.45) is 0 Å². The van der Waals surface area contributed by atoms with Gasteiger partial charge in [-0.15, -0.1) is 0 Å². The van der Waals surface area contributed by atoms with E-state index in [0.717, 1.165) is 6.07 Å². The minimum Gasteiger partial charge on any atom is -0.486 e. The summed E-state index contributed by atoms with van der Waals surface area (Å²) < 4.78 is 38.1. The van der Waals surface area contributed by atoms with Gasteiger partial charge in [0.1, 0.15) is 13.2 Å². The van der Waals surface area contributed by atoms with E-state index in [1.807, 2.05) is 0 Å². The second kappa shape index (κ2) is 5.76. The summed E-state index contributed by atoms with van der Waals surface area (Å²) in [6.45, 7) is 0.691. The molecule has 0 atom stereocenters. The van der Waals surface area contributed by atoms with E-state index in [4.69, 9.17) is 9.47 Å². The summed E-state index contributed by atoms with van der Waals surface area (Å²) in [6.07, 6.45) is 0. The van der Waals surface area contributed by atoms with E-state index >= 15 is 0 Å². The van der Waals surface area contributed by atoms with Crippen molar-refractivity contribution < 1.29 is 22.8 Å². The number of non-ortho nitro benzene ring substituents is 1. The Bertz CT molecular complexity index is 865. The number of sulfonamides is 1. The van der Waals surface area contributed by atoms with Crippen LogP contribution >= 0.6 is 0 Å². The van der Waals surface area contributed by atoms with Gasteiger partial charge in [0.05, 0.1) is 15.5 Å². The Labute approximate surface area is 131 Å². The van der Waals surface area contributed by atoms with Crippen LogP contribution in [-0.2, 0) is 10.0 Å². The molecule has 0 saturated heterocycles. The minimum absolute atomic E-state index is 0.207. The minimum atomic E-state index is -3.99. The highest BCUT2D eigenvalue weighted by atomic mass is 32.2. The monoisotopic (exact) mass is 336 g/mol. The average Bonchev–Trinajstić information content (AvgIpc) is 2.55. The first-order chi connectivity index (χ1) is 11.0. The Morgan fingerprint density at radius 2 is 1.83 bits per heavy atom. The molecule has 2 aromatic rings. The van der Waals surface area contributed by atoms with E-state index in [0.29, 0.717) is 24.7 Å². The Morgan fingerprint density at radius 3 is 2.61 bits per heavy atom. The fourth-order valence-corrected chi connectivity index (χ4v) is 3.22. The molecule has 0 fully saturated rings. The van der Waals surface area contributed by atoms with E-state index in [9.17, 15) is 18.5 Å². The Kier molecular flexibility index (Phi) is 3.78. The van der Waals surface area contributed by atoms with Gasteiger partial charge in [-0.2, -0.15) is 0 Å². The number of ether oxygens (including phenoxy) is 2. The summed E-state index contributed by atoms with van der Waals surface area (Å²) >= 11 is 0. The van der Waals surface area contributed by atoms with E-state index in [1.54, 1.807) is 12.1 Å². The van der Waals surface area contributed by atoms with Crippen LogP contribution in [-0.4, -0.2) is 26.6 Å². The van der Waals surface area contributed by atoms with Gasteiger partial charge in [-0.3, -0.25) is 14.8 Å². The molecule has 1 aliphatic rings. The van der Waals surface area contributed by atoms with Crippen LogP contribution < -0.4 is 14.2 Å². The Hall–Kier alpha value is -2.81. The van der Waals surface area contributed by atoms with Crippen molar-refractivity contribution in [2.45, 2.75) is 4.90 Å². The predicted octanol–water partition coefficient (Wildman–Crippen LogP) is 2.17. The molecule has 9 heteroatoms. The van der Waals surface area contributed by atoms with Crippen molar-refractivity contribution in [3.05, 3.63) is 52.6 Å². The largest absolute Gasteiger partial charge is 0.486 e. The molecule has 0 bridgehead atoms. The van der Waals surface area contributed by atoms with Crippen LogP contribution in [0.4, 0.5) is 11.4 Å². The van der Waals surface area contributed by atoms with Crippen molar-refractivity contribution in [3.63, 3.8) is 0 Å². The predicted molar refractivity (Wildman–Crippen MR) is 81.3 cm³/mol. The van der Waals surface area contributed by atoms with E-state index in [-0.39, 0.29) is 16.3 Å². The summed E-state index contributed by atoms with van der Waals surface area (Å²) in [6, 6.07) is 9.63. The highest BCUT2D eigenvalue weighted by Crippen LogP contribution is 2.38. The zero-order valence-corrected chi connectivity index (χ0v) is 12.6. The highest BCUT2D eigenvalue weighted by molar-refractivity contribution is 7.92. The third-order valence-electron chi connectivity index (χ3n) is 3.15. The number of fused-ring (bicyclic) bond motifs is 1. The van der Waals surface area contributed by atoms with Crippen molar-refractivity contribution in [1.29, 1.82) is 0 Å². The molecular formula is C14H12N2O6S. The van der Waals surface area contributed by atoms with Gasteiger partial charge in [0.15, 0.2) is 11.5 Å². The van der Waals surface area contributed by atoms with E-state index in [1.165, 1.54) is 24.3 Å². The molecule has 0 amide bonds. The number of rotatable bonds is 4. The second-order valence-corrected chi connectivity index (χ2v) is 6.37. The maximum absolute atomic E-state index is 12.4. The number of hydrogen-bond acceptors (Lipinski definition) is 6. The van der Waals surface area contributed by atoms with Crippen molar-refractivity contribution >= 4 is 21.4 Å². The van der Waals surface area contributed by atoms with Gasteiger partial charge in [0.25, 0.3) is 15.7 Å². The lowest BCUT2D eigenvalue weighted by molar-refractivity contribution is -0.385. The van der Waals surface area contributed by atoms with Gasteiger partial charge in [0, 0.05) is 12.1 Å². The number of para-hydroxylation sites is 1. The fourth-order valence-electron chi connectivity index (χ4n) is 2.12. The standard InChI is InChI=1S/C14H12N2O6S/c17-16(18)10-3-1-4-11(9-10)23(19,20)15-12-5-2-6-13-14(12)22-8-7-21-13/h1-6,9,15H,7-8H2. The zero-order valence-electron chi connectivity index (χ0n) is 11.8. The number of anilines is 1. The third-order valence-corrected chi connectivity index (χ3v) is 4.51. The van der Waals surface area contributed by atoms with Gasteiger partial charge in [-0.05, 0) is 18.2 Å². The molecule has 23 heavy (non-hydrogen) atoms. The lowest BCUT2D eigenvalue weighted by Gasteiger charge is -2.21. The van der Waals surface area contributed by atoms with Crippen LogP contribution in [0.5, 0.6) is 11.5 Å².